The van der Waals surface area contributed by atoms with Gasteiger partial charge < -0.3 is 9.47 Å². The molecule has 4 aromatic rings. The zero-order valence-electron chi connectivity index (χ0n) is 19.6. The maximum Gasteiger partial charge on any atom is 0.254 e. The second-order valence-corrected chi connectivity index (χ2v) is 10.2. The number of benzene rings is 3. The van der Waals surface area contributed by atoms with Crippen molar-refractivity contribution >= 4 is 15.7 Å². The summed E-state index contributed by atoms with van der Waals surface area (Å²) in [6, 6.07) is 23.7. The molecule has 0 aliphatic carbocycles. The molecule has 8 heteroatoms. The van der Waals surface area contributed by atoms with Crippen LogP contribution in [0.15, 0.2) is 109 Å². The van der Waals surface area contributed by atoms with Gasteiger partial charge in [0.2, 0.25) is 15.0 Å². The van der Waals surface area contributed by atoms with Gasteiger partial charge in [-0.25, -0.2) is 17.8 Å². The number of rotatable bonds is 10. The minimum atomic E-state index is -3.78. The van der Waals surface area contributed by atoms with E-state index in [1.54, 1.807) is 34.9 Å². The molecule has 36 heavy (non-hydrogen) atoms. The van der Waals surface area contributed by atoms with Crippen molar-refractivity contribution in [3.63, 3.8) is 0 Å². The van der Waals surface area contributed by atoms with Crippen molar-refractivity contribution in [2.75, 3.05) is 6.54 Å². The SMILES string of the molecule is C=CCN(Cc1cnc(S(=O)(=O)Cc2ccccc2)n1Cc1ccccc1)C(=O)c1ccc(F)cc1. The summed E-state index contributed by atoms with van der Waals surface area (Å²) in [5.41, 5.74) is 2.44. The average Bonchev–Trinajstić information content (AvgIpc) is 3.27. The van der Waals surface area contributed by atoms with Crippen LogP contribution in [0.1, 0.15) is 27.2 Å². The number of amides is 1. The molecule has 0 bridgehead atoms. The van der Waals surface area contributed by atoms with Crippen LogP contribution in [0.2, 0.25) is 0 Å². The van der Waals surface area contributed by atoms with Gasteiger partial charge in [-0.1, -0.05) is 66.7 Å². The van der Waals surface area contributed by atoms with Crippen molar-refractivity contribution < 1.29 is 17.6 Å². The highest BCUT2D eigenvalue weighted by molar-refractivity contribution is 7.90. The lowest BCUT2D eigenvalue weighted by Crippen LogP contribution is -2.32. The minimum absolute atomic E-state index is 0.0574. The maximum atomic E-state index is 13.4. The van der Waals surface area contributed by atoms with Gasteiger partial charge in [-0.15, -0.1) is 6.58 Å². The Morgan fingerprint density at radius 3 is 2.17 bits per heavy atom. The quantitative estimate of drug-likeness (QED) is 0.290. The normalized spacial score (nSPS) is 11.2. The van der Waals surface area contributed by atoms with Crippen molar-refractivity contribution in [2.24, 2.45) is 0 Å². The first-order chi connectivity index (χ1) is 17.4. The van der Waals surface area contributed by atoms with E-state index in [4.69, 9.17) is 0 Å². The van der Waals surface area contributed by atoms with Crippen LogP contribution in [-0.2, 0) is 28.7 Å². The molecule has 1 amide bonds. The van der Waals surface area contributed by atoms with E-state index < -0.39 is 15.7 Å². The molecule has 0 spiro atoms. The molecular weight excluding hydrogens is 477 g/mol. The molecule has 0 aliphatic heterocycles. The summed E-state index contributed by atoms with van der Waals surface area (Å²) >= 11 is 0. The molecule has 4 rings (SSSR count). The highest BCUT2D eigenvalue weighted by atomic mass is 32.2. The van der Waals surface area contributed by atoms with Crippen LogP contribution in [0.4, 0.5) is 4.39 Å². The summed E-state index contributed by atoms with van der Waals surface area (Å²) in [5.74, 6) is -0.948. The van der Waals surface area contributed by atoms with Gasteiger partial charge in [0.05, 0.1) is 30.7 Å². The number of aromatic nitrogens is 2. The van der Waals surface area contributed by atoms with Gasteiger partial charge in [-0.05, 0) is 35.4 Å². The lowest BCUT2D eigenvalue weighted by molar-refractivity contribution is 0.0759. The Hall–Kier alpha value is -4.04. The second-order valence-electron chi connectivity index (χ2n) is 8.33. The first-order valence-corrected chi connectivity index (χ1v) is 13.0. The summed E-state index contributed by atoms with van der Waals surface area (Å²) in [4.78, 5) is 19.0. The fraction of sp³-hybridized carbons (Fsp3) is 0.143. The zero-order chi connectivity index (χ0) is 25.5. The first kappa shape index (κ1) is 25.1. The molecule has 0 saturated carbocycles. The third-order valence-electron chi connectivity index (χ3n) is 5.64. The number of hydrogen-bond donors (Lipinski definition) is 0. The third-order valence-corrected chi connectivity index (χ3v) is 7.24. The molecule has 1 heterocycles. The molecule has 0 fully saturated rings. The largest absolute Gasteiger partial charge is 0.329 e. The summed E-state index contributed by atoms with van der Waals surface area (Å²) < 4.78 is 41.8. The maximum absolute atomic E-state index is 13.4. The number of sulfone groups is 1. The van der Waals surface area contributed by atoms with Crippen LogP contribution in [-0.4, -0.2) is 35.3 Å². The molecule has 184 valence electrons. The predicted octanol–water partition coefficient (Wildman–Crippen LogP) is 4.87. The molecule has 0 radical (unpaired) electrons. The van der Waals surface area contributed by atoms with Crippen LogP contribution in [0.3, 0.4) is 0 Å². The van der Waals surface area contributed by atoms with Crippen molar-refractivity contribution in [3.05, 3.63) is 132 Å². The average molecular weight is 504 g/mol. The Bertz CT molecular complexity index is 1430. The predicted molar refractivity (Wildman–Crippen MR) is 136 cm³/mol. The fourth-order valence-electron chi connectivity index (χ4n) is 3.91. The Balaban J connectivity index is 1.70. The van der Waals surface area contributed by atoms with Gasteiger partial charge in [0.1, 0.15) is 5.82 Å². The van der Waals surface area contributed by atoms with Crippen molar-refractivity contribution in [1.82, 2.24) is 14.5 Å². The van der Waals surface area contributed by atoms with Crippen LogP contribution in [0.5, 0.6) is 0 Å². The van der Waals surface area contributed by atoms with Gasteiger partial charge in [0.15, 0.2) is 0 Å². The number of carbonyl (C=O) groups is 1. The van der Waals surface area contributed by atoms with Gasteiger partial charge in [0.25, 0.3) is 5.91 Å². The molecule has 3 aromatic carbocycles. The number of hydrogen-bond acceptors (Lipinski definition) is 4. The second kappa shape index (κ2) is 11.1. The molecule has 0 aliphatic rings. The number of halogens is 1. The van der Waals surface area contributed by atoms with E-state index in [-0.39, 0.29) is 36.5 Å². The topological polar surface area (TPSA) is 72.3 Å². The molecule has 1 aromatic heterocycles. The highest BCUT2D eigenvalue weighted by Gasteiger charge is 2.26. The van der Waals surface area contributed by atoms with Gasteiger partial charge >= 0.3 is 0 Å². The molecule has 0 N–H and O–H groups in total. The van der Waals surface area contributed by atoms with Crippen LogP contribution >= 0.6 is 0 Å². The summed E-state index contributed by atoms with van der Waals surface area (Å²) in [6.45, 7) is 4.33. The smallest absolute Gasteiger partial charge is 0.254 e. The van der Waals surface area contributed by atoms with Crippen molar-refractivity contribution in [2.45, 2.75) is 24.0 Å². The Morgan fingerprint density at radius 2 is 1.56 bits per heavy atom. The van der Waals surface area contributed by atoms with E-state index in [2.05, 4.69) is 11.6 Å². The van der Waals surface area contributed by atoms with Crippen LogP contribution < -0.4 is 0 Å². The van der Waals surface area contributed by atoms with Gasteiger partial charge in [0, 0.05) is 12.1 Å². The highest BCUT2D eigenvalue weighted by Crippen LogP contribution is 2.21. The molecular formula is C28H26FN3O3S. The standard InChI is InChI=1S/C28H26FN3O3S/c1-2-17-31(27(33)24-13-15-25(29)16-14-24)20-26-18-30-28(32(26)19-22-9-5-3-6-10-22)36(34,35)21-23-11-7-4-8-12-23/h2-16,18H,1,17,19-21H2. The van der Waals surface area contributed by atoms with E-state index in [0.717, 1.165) is 5.56 Å². The fourth-order valence-corrected chi connectivity index (χ4v) is 5.40. The monoisotopic (exact) mass is 503 g/mol. The van der Waals surface area contributed by atoms with Crippen LogP contribution in [0, 0.1) is 5.82 Å². The molecule has 0 saturated heterocycles. The van der Waals surface area contributed by atoms with E-state index >= 15 is 0 Å². The summed E-state index contributed by atoms with van der Waals surface area (Å²) in [7, 11) is -3.78. The molecule has 0 unspecified atom stereocenters. The Kier molecular flexibility index (Phi) is 7.75. The van der Waals surface area contributed by atoms with Gasteiger partial charge in [-0.2, -0.15) is 0 Å². The van der Waals surface area contributed by atoms with E-state index in [1.807, 2.05) is 36.4 Å². The van der Waals surface area contributed by atoms with E-state index in [0.29, 0.717) is 16.8 Å². The molecule has 0 atom stereocenters. The third kappa shape index (κ3) is 5.95. The first-order valence-electron chi connectivity index (χ1n) is 11.4. The summed E-state index contributed by atoms with van der Waals surface area (Å²) in [6.07, 6.45) is 3.08. The Labute approximate surface area is 210 Å². The van der Waals surface area contributed by atoms with E-state index in [9.17, 15) is 17.6 Å². The van der Waals surface area contributed by atoms with Crippen molar-refractivity contribution in [3.8, 4) is 0 Å². The zero-order valence-corrected chi connectivity index (χ0v) is 20.4. The summed E-state index contributed by atoms with van der Waals surface area (Å²) in [5, 5.41) is -0.0574. The van der Waals surface area contributed by atoms with Gasteiger partial charge in [-0.3, -0.25) is 4.79 Å². The number of nitrogens with zero attached hydrogens (tertiary/aromatic N) is 3. The number of imidazole rings is 1. The number of carbonyl (C=O) groups excluding carboxylic acids is 1. The minimum Gasteiger partial charge on any atom is -0.329 e. The van der Waals surface area contributed by atoms with E-state index in [1.165, 1.54) is 35.4 Å². The molecule has 6 nitrogen and oxygen atoms in total. The lowest BCUT2D eigenvalue weighted by atomic mass is 10.2. The van der Waals surface area contributed by atoms with Crippen LogP contribution in [0.25, 0.3) is 0 Å². The van der Waals surface area contributed by atoms with Crippen molar-refractivity contribution in [1.29, 1.82) is 0 Å². The Morgan fingerprint density at radius 1 is 0.944 bits per heavy atom. The lowest BCUT2D eigenvalue weighted by Gasteiger charge is -2.22.